The molecule has 5 rings (SSSR count). The molecule has 0 aliphatic carbocycles. The van der Waals surface area contributed by atoms with E-state index in [0.29, 0.717) is 24.4 Å². The highest BCUT2D eigenvalue weighted by Gasteiger charge is 2.26. The number of amides is 1. The van der Waals surface area contributed by atoms with Crippen LogP contribution in [0.2, 0.25) is 0 Å². The van der Waals surface area contributed by atoms with E-state index in [1.165, 1.54) is 12.0 Å². The van der Waals surface area contributed by atoms with E-state index in [4.69, 9.17) is 4.98 Å². The van der Waals surface area contributed by atoms with Gasteiger partial charge in [-0.3, -0.25) is 9.48 Å². The van der Waals surface area contributed by atoms with E-state index in [1.807, 2.05) is 13.1 Å². The number of pyridine rings is 1. The highest BCUT2D eigenvalue weighted by molar-refractivity contribution is 5.99. The Morgan fingerprint density at radius 1 is 1.28 bits per heavy atom. The number of fused-ring (bicyclic) bond motifs is 2. The van der Waals surface area contributed by atoms with Gasteiger partial charge in [-0.05, 0) is 80.8 Å². The molecule has 2 aromatic heterocycles. The number of carbonyl (C=O) groups excluding carboxylic acids is 1. The summed E-state index contributed by atoms with van der Waals surface area (Å²) in [6, 6.07) is 8.72. The Kier molecular flexibility index (Phi) is 7.18. The molecule has 0 radical (unpaired) electrons. The normalized spacial score (nSPS) is 18.5. The third-order valence-electron chi connectivity index (χ3n) is 7.48. The average Bonchev–Trinajstić information content (AvgIpc) is 3.50. The van der Waals surface area contributed by atoms with E-state index in [2.05, 4.69) is 32.8 Å². The molecule has 0 spiro atoms. The summed E-state index contributed by atoms with van der Waals surface area (Å²) in [6.45, 7) is 3.57. The first-order chi connectivity index (χ1) is 17.5. The van der Waals surface area contributed by atoms with Gasteiger partial charge in [0.25, 0.3) is 5.91 Å². The number of nitrogens with one attached hydrogen (secondary N) is 2. The lowest BCUT2D eigenvalue weighted by molar-refractivity contribution is -0.139. The van der Waals surface area contributed by atoms with E-state index in [1.54, 1.807) is 23.0 Å². The minimum Gasteiger partial charge on any atom is -0.480 e. The molecule has 2 aliphatic rings. The van der Waals surface area contributed by atoms with Crippen molar-refractivity contribution < 1.29 is 14.7 Å². The molecule has 1 fully saturated rings. The maximum absolute atomic E-state index is 12.7. The van der Waals surface area contributed by atoms with E-state index in [0.717, 1.165) is 67.7 Å². The number of benzene rings is 1. The summed E-state index contributed by atoms with van der Waals surface area (Å²) in [4.78, 5) is 31.7. The third kappa shape index (κ3) is 5.51. The minimum absolute atomic E-state index is 0.375. The number of aromatic nitrogens is 3. The number of nitrogens with zero attached hydrogens (tertiary/aromatic N) is 4. The Hall–Kier alpha value is -3.46. The Balaban J connectivity index is 1.09. The molecule has 1 aromatic carbocycles. The fourth-order valence-corrected chi connectivity index (χ4v) is 5.33. The van der Waals surface area contributed by atoms with Crippen molar-refractivity contribution >= 4 is 28.6 Å². The van der Waals surface area contributed by atoms with Crippen LogP contribution in [0.15, 0.2) is 36.5 Å². The van der Waals surface area contributed by atoms with Crippen molar-refractivity contribution in [2.24, 2.45) is 13.0 Å². The van der Waals surface area contributed by atoms with Gasteiger partial charge in [0.1, 0.15) is 11.9 Å². The number of likely N-dealkylation sites (tertiary alicyclic amines) is 1. The van der Waals surface area contributed by atoms with E-state index in [9.17, 15) is 14.7 Å². The average molecular weight is 491 g/mol. The molecule has 0 unspecified atom stereocenters. The van der Waals surface area contributed by atoms with Crippen LogP contribution >= 0.6 is 0 Å². The number of carboxylic acids is 1. The quantitative estimate of drug-likeness (QED) is 0.423. The molecule has 190 valence electrons. The summed E-state index contributed by atoms with van der Waals surface area (Å²) in [5, 5.41) is 20.9. The molecule has 2 atom stereocenters. The van der Waals surface area contributed by atoms with Crippen molar-refractivity contribution in [2.75, 3.05) is 31.5 Å². The molecule has 1 amide bonds. The van der Waals surface area contributed by atoms with Gasteiger partial charge < -0.3 is 20.6 Å². The number of hydrogen-bond donors (Lipinski definition) is 3. The van der Waals surface area contributed by atoms with Gasteiger partial charge in [-0.15, -0.1) is 0 Å². The highest BCUT2D eigenvalue weighted by Crippen LogP contribution is 2.24. The van der Waals surface area contributed by atoms with Crippen LogP contribution < -0.4 is 10.6 Å². The van der Waals surface area contributed by atoms with Crippen molar-refractivity contribution in [2.45, 2.75) is 44.6 Å². The highest BCUT2D eigenvalue weighted by atomic mass is 16.4. The Labute approximate surface area is 210 Å². The number of carbonyl (C=O) groups is 2. The van der Waals surface area contributed by atoms with Crippen LogP contribution in [-0.2, 0) is 24.7 Å². The molecule has 3 N–H and O–H groups in total. The second-order valence-electron chi connectivity index (χ2n) is 10.0. The van der Waals surface area contributed by atoms with Crippen molar-refractivity contribution in [3.05, 3.63) is 53.3 Å². The second-order valence-corrected chi connectivity index (χ2v) is 10.0. The summed E-state index contributed by atoms with van der Waals surface area (Å²) >= 11 is 0. The Morgan fingerprint density at radius 2 is 2.17 bits per heavy atom. The fourth-order valence-electron chi connectivity index (χ4n) is 5.33. The van der Waals surface area contributed by atoms with Gasteiger partial charge in [0.2, 0.25) is 0 Å². The topological polar surface area (TPSA) is 112 Å². The summed E-state index contributed by atoms with van der Waals surface area (Å²) in [5.41, 5.74) is 3.81. The lowest BCUT2D eigenvalue weighted by Crippen LogP contribution is -2.43. The van der Waals surface area contributed by atoms with Gasteiger partial charge in [0, 0.05) is 43.3 Å². The Morgan fingerprint density at radius 3 is 3.03 bits per heavy atom. The lowest BCUT2D eigenvalue weighted by Gasteiger charge is -2.20. The summed E-state index contributed by atoms with van der Waals surface area (Å²) in [5.74, 6) is 0.252. The van der Waals surface area contributed by atoms with Crippen molar-refractivity contribution in [1.29, 1.82) is 0 Å². The third-order valence-corrected chi connectivity index (χ3v) is 7.48. The van der Waals surface area contributed by atoms with Gasteiger partial charge in [0.05, 0.1) is 11.7 Å². The number of aryl methyl sites for hydroxylation is 3. The molecular weight excluding hydrogens is 456 g/mol. The molecule has 0 saturated carbocycles. The largest absolute Gasteiger partial charge is 0.480 e. The standard InChI is InChI=1S/C27H34N6O3/c1-32-24-9-6-20(15-21(24)16-29-32)26(34)31-23(27(35)36)11-14-33-13-10-18(17-33)4-7-22-8-5-19-3-2-12-28-25(19)30-22/h5-6,8-9,15-16,18,23H,2-4,7,10-14,17H2,1H3,(H,28,30)(H,31,34)(H,35,36)/t18-,23+/m0/s1. The maximum Gasteiger partial charge on any atom is 0.326 e. The molecule has 2 aliphatic heterocycles. The fraction of sp³-hybridized carbons (Fsp3) is 0.481. The summed E-state index contributed by atoms with van der Waals surface area (Å²) in [7, 11) is 1.84. The molecule has 4 heterocycles. The number of rotatable bonds is 9. The molecule has 0 bridgehead atoms. The minimum atomic E-state index is -1.01. The van der Waals surface area contributed by atoms with Gasteiger partial charge in [0.15, 0.2) is 0 Å². The Bertz CT molecular complexity index is 1260. The zero-order valence-electron chi connectivity index (χ0n) is 20.7. The predicted molar refractivity (Wildman–Crippen MR) is 138 cm³/mol. The first-order valence-electron chi connectivity index (χ1n) is 12.9. The van der Waals surface area contributed by atoms with Gasteiger partial charge >= 0.3 is 5.97 Å². The molecular formula is C27H34N6O3. The van der Waals surface area contributed by atoms with Crippen LogP contribution in [0, 0.1) is 5.92 Å². The van der Waals surface area contributed by atoms with Gasteiger partial charge in [-0.2, -0.15) is 5.10 Å². The van der Waals surface area contributed by atoms with E-state index in [-0.39, 0.29) is 5.91 Å². The van der Waals surface area contributed by atoms with Crippen LogP contribution in [-0.4, -0.2) is 68.9 Å². The van der Waals surface area contributed by atoms with E-state index >= 15 is 0 Å². The number of carboxylic acid groups (broad SMARTS) is 1. The number of aliphatic carboxylic acids is 1. The molecule has 36 heavy (non-hydrogen) atoms. The van der Waals surface area contributed by atoms with Crippen LogP contribution in [0.4, 0.5) is 5.82 Å². The van der Waals surface area contributed by atoms with Crippen LogP contribution in [0.25, 0.3) is 10.9 Å². The maximum atomic E-state index is 12.7. The first-order valence-corrected chi connectivity index (χ1v) is 12.9. The second kappa shape index (κ2) is 10.7. The van der Waals surface area contributed by atoms with Crippen molar-refractivity contribution in [3.8, 4) is 0 Å². The van der Waals surface area contributed by atoms with Crippen LogP contribution in [0.1, 0.15) is 47.3 Å². The molecule has 1 saturated heterocycles. The van der Waals surface area contributed by atoms with Crippen molar-refractivity contribution in [1.82, 2.24) is 25.0 Å². The van der Waals surface area contributed by atoms with E-state index < -0.39 is 12.0 Å². The van der Waals surface area contributed by atoms with Crippen LogP contribution in [0.3, 0.4) is 0 Å². The molecule has 3 aromatic rings. The number of anilines is 1. The smallest absolute Gasteiger partial charge is 0.326 e. The predicted octanol–water partition coefficient (Wildman–Crippen LogP) is 2.85. The van der Waals surface area contributed by atoms with Crippen LogP contribution in [0.5, 0.6) is 0 Å². The lowest BCUT2D eigenvalue weighted by atomic mass is 10.00. The zero-order valence-corrected chi connectivity index (χ0v) is 20.7. The monoisotopic (exact) mass is 490 g/mol. The zero-order chi connectivity index (χ0) is 25.1. The SMILES string of the molecule is Cn1ncc2cc(C(=O)N[C@H](CCN3CC[C@H](CCc4ccc5c(n4)NCCC5)C3)C(=O)O)ccc21. The summed E-state index contributed by atoms with van der Waals surface area (Å²) in [6.07, 6.45) is 7.49. The van der Waals surface area contributed by atoms with Gasteiger partial charge in [-0.25, -0.2) is 9.78 Å². The molecule has 9 heteroatoms. The molecule has 9 nitrogen and oxygen atoms in total. The summed E-state index contributed by atoms with van der Waals surface area (Å²) < 4.78 is 1.74. The first kappa shape index (κ1) is 24.2. The van der Waals surface area contributed by atoms with Crippen molar-refractivity contribution in [3.63, 3.8) is 0 Å². The number of hydrogen-bond acceptors (Lipinski definition) is 6. The van der Waals surface area contributed by atoms with Gasteiger partial charge in [-0.1, -0.05) is 6.07 Å².